The molecule has 2 aliphatic heterocycles. The summed E-state index contributed by atoms with van der Waals surface area (Å²) in [5, 5.41) is 0. The van der Waals surface area contributed by atoms with Gasteiger partial charge in [0, 0.05) is 0 Å². The average Bonchev–Trinajstić information content (AvgIpc) is 2.68. The van der Waals surface area contributed by atoms with Crippen LogP contribution in [0.5, 0.6) is 0 Å². The number of ether oxygens (including phenoxy) is 1. The van der Waals surface area contributed by atoms with Crippen LogP contribution in [0, 0.1) is 39.9 Å². The number of hydrogen-bond acceptors (Lipinski definition) is 3. The normalized spacial score (nSPS) is 45.4. The zero-order valence-corrected chi connectivity index (χ0v) is 16.4. The SMILES string of the molecule is CC(C)C1=C[C@@]23CC[C@H]4C(C)(C)CCC[C@]4(C)[C@H]2C[C@@H]1C(=O)OC3=O. The van der Waals surface area contributed by atoms with Crippen molar-refractivity contribution in [3.63, 3.8) is 0 Å². The van der Waals surface area contributed by atoms with Crippen molar-refractivity contribution in [2.24, 2.45) is 39.9 Å². The van der Waals surface area contributed by atoms with Gasteiger partial charge >= 0.3 is 11.9 Å². The lowest BCUT2D eigenvalue weighted by atomic mass is 9.41. The Morgan fingerprint density at radius 2 is 1.80 bits per heavy atom. The second-order valence-electron chi connectivity index (χ2n) is 10.3. The Bertz CT molecular complexity index is 658. The molecule has 5 atom stereocenters. The van der Waals surface area contributed by atoms with Crippen LogP contribution in [0.1, 0.15) is 73.1 Å². The minimum absolute atomic E-state index is 0.126. The van der Waals surface area contributed by atoms with Gasteiger partial charge < -0.3 is 4.74 Å². The molecule has 5 rings (SSSR count). The van der Waals surface area contributed by atoms with Gasteiger partial charge in [-0.1, -0.05) is 52.7 Å². The van der Waals surface area contributed by atoms with Crippen molar-refractivity contribution in [1.29, 1.82) is 0 Å². The van der Waals surface area contributed by atoms with E-state index in [0.717, 1.165) is 24.8 Å². The maximum absolute atomic E-state index is 13.1. The van der Waals surface area contributed by atoms with Gasteiger partial charge in [0.25, 0.3) is 0 Å². The summed E-state index contributed by atoms with van der Waals surface area (Å²) in [6.45, 7) is 11.5. The van der Waals surface area contributed by atoms with Crippen LogP contribution >= 0.6 is 0 Å². The highest BCUT2D eigenvalue weighted by molar-refractivity contribution is 5.95. The molecular formula is C22H32O3. The molecule has 25 heavy (non-hydrogen) atoms. The lowest BCUT2D eigenvalue weighted by Gasteiger charge is -2.62. The van der Waals surface area contributed by atoms with Gasteiger partial charge in [-0.15, -0.1) is 0 Å². The highest BCUT2D eigenvalue weighted by Crippen LogP contribution is 2.68. The first-order valence-electron chi connectivity index (χ1n) is 10.1. The molecule has 2 saturated carbocycles. The summed E-state index contributed by atoms with van der Waals surface area (Å²) in [5.41, 5.74) is 1.02. The molecule has 138 valence electrons. The van der Waals surface area contributed by atoms with Gasteiger partial charge in [-0.2, -0.15) is 0 Å². The summed E-state index contributed by atoms with van der Waals surface area (Å²) in [5.74, 6) is 0.377. The summed E-state index contributed by atoms with van der Waals surface area (Å²) < 4.78 is 5.39. The molecule has 0 radical (unpaired) electrons. The molecule has 5 aliphatic rings. The molecule has 2 bridgehead atoms. The Morgan fingerprint density at radius 1 is 1.08 bits per heavy atom. The second-order valence-corrected chi connectivity index (χ2v) is 10.3. The van der Waals surface area contributed by atoms with Crippen LogP contribution in [0.3, 0.4) is 0 Å². The fourth-order valence-electron chi connectivity index (χ4n) is 7.23. The molecule has 3 heteroatoms. The smallest absolute Gasteiger partial charge is 0.323 e. The Kier molecular flexibility index (Phi) is 3.60. The van der Waals surface area contributed by atoms with E-state index in [9.17, 15) is 9.59 Å². The van der Waals surface area contributed by atoms with Crippen molar-refractivity contribution in [3.8, 4) is 0 Å². The third-order valence-corrected chi connectivity index (χ3v) is 8.36. The topological polar surface area (TPSA) is 43.4 Å². The summed E-state index contributed by atoms with van der Waals surface area (Å²) in [4.78, 5) is 25.7. The van der Waals surface area contributed by atoms with Gasteiger partial charge in [-0.25, -0.2) is 0 Å². The molecular weight excluding hydrogens is 312 g/mol. The number of carbonyl (C=O) groups is 2. The maximum Gasteiger partial charge on any atom is 0.323 e. The van der Waals surface area contributed by atoms with Crippen LogP contribution in [-0.2, 0) is 14.3 Å². The average molecular weight is 344 g/mol. The van der Waals surface area contributed by atoms with Crippen LogP contribution < -0.4 is 0 Å². The molecule has 1 spiro atoms. The highest BCUT2D eigenvalue weighted by atomic mass is 16.6. The van der Waals surface area contributed by atoms with Crippen molar-refractivity contribution in [2.45, 2.75) is 73.1 Å². The fraction of sp³-hybridized carbons (Fsp3) is 0.818. The van der Waals surface area contributed by atoms with E-state index in [2.05, 4.69) is 40.7 Å². The maximum atomic E-state index is 13.1. The predicted octanol–water partition coefficient (Wildman–Crippen LogP) is 4.90. The third kappa shape index (κ3) is 2.16. The minimum Gasteiger partial charge on any atom is -0.392 e. The zero-order chi connectivity index (χ0) is 18.2. The molecule has 3 fully saturated rings. The third-order valence-electron chi connectivity index (χ3n) is 8.36. The van der Waals surface area contributed by atoms with Crippen molar-refractivity contribution < 1.29 is 14.3 Å². The largest absolute Gasteiger partial charge is 0.392 e. The number of rotatable bonds is 1. The monoisotopic (exact) mass is 344 g/mol. The predicted molar refractivity (Wildman–Crippen MR) is 96.5 cm³/mol. The van der Waals surface area contributed by atoms with Gasteiger partial charge in [0.2, 0.25) is 0 Å². The number of carbonyl (C=O) groups excluding carboxylic acids is 2. The van der Waals surface area contributed by atoms with Gasteiger partial charge in [0.15, 0.2) is 0 Å². The second kappa shape index (κ2) is 5.20. The van der Waals surface area contributed by atoms with Crippen LogP contribution in [0.25, 0.3) is 0 Å². The van der Waals surface area contributed by atoms with Gasteiger partial charge in [-0.05, 0) is 60.7 Å². The lowest BCUT2D eigenvalue weighted by molar-refractivity contribution is -0.175. The van der Waals surface area contributed by atoms with E-state index in [1.807, 2.05) is 0 Å². The Balaban J connectivity index is 1.87. The highest BCUT2D eigenvalue weighted by Gasteiger charge is 2.66. The van der Waals surface area contributed by atoms with Crippen LogP contribution in [0.4, 0.5) is 0 Å². The van der Waals surface area contributed by atoms with Gasteiger partial charge in [0.1, 0.15) is 0 Å². The molecule has 0 aromatic carbocycles. The number of esters is 2. The van der Waals surface area contributed by atoms with Crippen LogP contribution in [0.2, 0.25) is 0 Å². The Labute approximate surface area is 151 Å². The molecule has 3 nitrogen and oxygen atoms in total. The first-order valence-corrected chi connectivity index (χ1v) is 10.1. The van der Waals surface area contributed by atoms with Gasteiger partial charge in [-0.3, -0.25) is 9.59 Å². The van der Waals surface area contributed by atoms with E-state index in [4.69, 9.17) is 4.74 Å². The van der Waals surface area contributed by atoms with E-state index in [1.165, 1.54) is 19.3 Å². The molecule has 1 saturated heterocycles. The zero-order valence-electron chi connectivity index (χ0n) is 16.4. The van der Waals surface area contributed by atoms with E-state index >= 15 is 0 Å². The van der Waals surface area contributed by atoms with E-state index < -0.39 is 5.41 Å². The number of hydrogen-bond donors (Lipinski definition) is 0. The Morgan fingerprint density at radius 3 is 2.48 bits per heavy atom. The first-order chi connectivity index (χ1) is 11.6. The molecule has 2 heterocycles. The molecule has 3 aliphatic carbocycles. The summed E-state index contributed by atoms with van der Waals surface area (Å²) in [6.07, 6.45) is 8.58. The molecule has 0 unspecified atom stereocenters. The van der Waals surface area contributed by atoms with Crippen molar-refractivity contribution >= 4 is 11.9 Å². The molecule has 0 aromatic rings. The van der Waals surface area contributed by atoms with Crippen molar-refractivity contribution in [2.75, 3.05) is 0 Å². The standard InChI is InChI=1S/C22H32O3/c1-13(2)15-12-22-10-7-16-20(3,4)8-6-9-21(16,5)17(22)11-14(15)18(23)25-19(22)24/h12-14,16-17H,6-11H2,1-5H3/t14-,16-,17+,21-,22-/m0/s1. The van der Waals surface area contributed by atoms with E-state index in [0.29, 0.717) is 11.3 Å². The molecule has 0 aromatic heterocycles. The quantitative estimate of drug-likeness (QED) is 0.386. The van der Waals surface area contributed by atoms with E-state index in [-0.39, 0.29) is 35.1 Å². The summed E-state index contributed by atoms with van der Waals surface area (Å²) in [7, 11) is 0. The molecule has 0 N–H and O–H groups in total. The van der Waals surface area contributed by atoms with Crippen LogP contribution in [-0.4, -0.2) is 11.9 Å². The van der Waals surface area contributed by atoms with Gasteiger partial charge in [0.05, 0.1) is 11.3 Å². The van der Waals surface area contributed by atoms with Crippen molar-refractivity contribution in [1.82, 2.24) is 0 Å². The minimum atomic E-state index is -0.569. The Hall–Kier alpha value is -1.12. The van der Waals surface area contributed by atoms with Crippen LogP contribution in [0.15, 0.2) is 11.6 Å². The van der Waals surface area contributed by atoms with Crippen molar-refractivity contribution in [3.05, 3.63) is 11.6 Å². The summed E-state index contributed by atoms with van der Waals surface area (Å²) in [6, 6.07) is 0. The fourth-order valence-corrected chi connectivity index (χ4v) is 7.23. The van der Waals surface area contributed by atoms with E-state index in [1.54, 1.807) is 0 Å². The lowest BCUT2D eigenvalue weighted by Crippen LogP contribution is -2.58. The summed E-state index contributed by atoms with van der Waals surface area (Å²) >= 11 is 0. The molecule has 0 amide bonds. The first kappa shape index (κ1) is 17.3. The number of fused-ring (bicyclic) bond motifs is 3.